The first kappa shape index (κ1) is 15.2. The van der Waals surface area contributed by atoms with Crippen LogP contribution < -0.4 is 5.32 Å². The summed E-state index contributed by atoms with van der Waals surface area (Å²) >= 11 is 1.95. The predicted octanol–water partition coefficient (Wildman–Crippen LogP) is 2.87. The van der Waals surface area contributed by atoms with Crippen LogP contribution in [0.25, 0.3) is 0 Å². The van der Waals surface area contributed by atoms with E-state index in [1.807, 2.05) is 35.7 Å². The van der Waals surface area contributed by atoms with Gasteiger partial charge in [-0.1, -0.05) is 13.8 Å². The topological polar surface area (TPSA) is 45.2 Å². The molecule has 0 atom stereocenters. The monoisotopic (exact) mass is 293 g/mol. The molecular weight excluding hydrogens is 270 g/mol. The molecule has 1 amide bonds. The Balaban J connectivity index is 2.15. The van der Waals surface area contributed by atoms with Crippen LogP contribution >= 0.6 is 11.8 Å². The molecular formula is C15H23N3OS. The van der Waals surface area contributed by atoms with Crippen molar-refractivity contribution in [1.29, 1.82) is 0 Å². The molecule has 110 valence electrons. The largest absolute Gasteiger partial charge is 0.370 e. The standard InChI is InChI=1S/C15H23N3OS/c1-4-16-13-12(6-5-8-17-13)14(19)18-9-7-15(2,3)20-11-10-18/h5-6,8H,4,7,9-11H2,1-3H3,(H,16,17). The van der Waals surface area contributed by atoms with Crippen LogP contribution in [-0.2, 0) is 0 Å². The van der Waals surface area contributed by atoms with Gasteiger partial charge in [0.25, 0.3) is 5.91 Å². The van der Waals surface area contributed by atoms with E-state index in [9.17, 15) is 4.79 Å². The van der Waals surface area contributed by atoms with Gasteiger partial charge in [0.2, 0.25) is 0 Å². The lowest BCUT2D eigenvalue weighted by molar-refractivity contribution is 0.0765. The second-order valence-electron chi connectivity index (χ2n) is 5.58. The minimum atomic E-state index is 0.0901. The Morgan fingerprint density at radius 2 is 2.30 bits per heavy atom. The van der Waals surface area contributed by atoms with Gasteiger partial charge in [-0.3, -0.25) is 4.79 Å². The molecule has 0 aromatic carbocycles. The van der Waals surface area contributed by atoms with Gasteiger partial charge in [-0.05, 0) is 25.5 Å². The minimum absolute atomic E-state index is 0.0901. The molecule has 1 fully saturated rings. The van der Waals surface area contributed by atoms with E-state index < -0.39 is 0 Å². The summed E-state index contributed by atoms with van der Waals surface area (Å²) < 4.78 is 0.258. The molecule has 1 saturated heterocycles. The predicted molar refractivity (Wildman–Crippen MR) is 85.5 cm³/mol. The lowest BCUT2D eigenvalue weighted by atomic mass is 10.1. The maximum absolute atomic E-state index is 12.7. The van der Waals surface area contributed by atoms with E-state index in [2.05, 4.69) is 24.1 Å². The zero-order valence-corrected chi connectivity index (χ0v) is 13.3. The highest BCUT2D eigenvalue weighted by molar-refractivity contribution is 8.00. The zero-order chi connectivity index (χ0) is 14.6. The van der Waals surface area contributed by atoms with Crippen molar-refractivity contribution in [3.63, 3.8) is 0 Å². The van der Waals surface area contributed by atoms with Crippen LogP contribution in [0.4, 0.5) is 5.82 Å². The van der Waals surface area contributed by atoms with Gasteiger partial charge in [-0.15, -0.1) is 0 Å². The Labute approximate surface area is 125 Å². The highest BCUT2D eigenvalue weighted by Gasteiger charge is 2.27. The number of carbonyl (C=O) groups excluding carboxylic acids is 1. The number of nitrogens with one attached hydrogen (secondary N) is 1. The Hall–Kier alpha value is -1.23. The molecule has 1 aliphatic rings. The second kappa shape index (κ2) is 6.48. The zero-order valence-electron chi connectivity index (χ0n) is 12.5. The molecule has 2 rings (SSSR count). The van der Waals surface area contributed by atoms with Crippen LogP contribution in [0.5, 0.6) is 0 Å². The highest BCUT2D eigenvalue weighted by atomic mass is 32.2. The molecule has 5 heteroatoms. The van der Waals surface area contributed by atoms with E-state index >= 15 is 0 Å². The molecule has 1 aliphatic heterocycles. The number of thioether (sulfide) groups is 1. The molecule has 20 heavy (non-hydrogen) atoms. The number of rotatable bonds is 3. The van der Waals surface area contributed by atoms with Crippen LogP contribution in [0.15, 0.2) is 18.3 Å². The van der Waals surface area contributed by atoms with Gasteiger partial charge in [-0.25, -0.2) is 4.98 Å². The summed E-state index contributed by atoms with van der Waals surface area (Å²) in [5, 5.41) is 3.16. The smallest absolute Gasteiger partial charge is 0.257 e. The summed E-state index contributed by atoms with van der Waals surface area (Å²) in [7, 11) is 0. The van der Waals surface area contributed by atoms with Gasteiger partial charge in [0.1, 0.15) is 5.82 Å². The lowest BCUT2D eigenvalue weighted by Gasteiger charge is -2.23. The third kappa shape index (κ3) is 3.66. The summed E-state index contributed by atoms with van der Waals surface area (Å²) in [6.45, 7) is 8.90. The van der Waals surface area contributed by atoms with E-state index in [0.717, 1.165) is 31.8 Å². The van der Waals surface area contributed by atoms with Gasteiger partial charge < -0.3 is 10.2 Å². The first-order valence-electron chi connectivity index (χ1n) is 7.15. The van der Waals surface area contributed by atoms with Crippen molar-refractivity contribution >= 4 is 23.5 Å². The van der Waals surface area contributed by atoms with Crippen molar-refractivity contribution in [1.82, 2.24) is 9.88 Å². The molecule has 1 aromatic rings. The molecule has 0 aliphatic carbocycles. The second-order valence-corrected chi connectivity index (χ2v) is 7.38. The van der Waals surface area contributed by atoms with Gasteiger partial charge in [0.05, 0.1) is 5.56 Å². The fourth-order valence-electron chi connectivity index (χ4n) is 2.28. The molecule has 1 N–H and O–H groups in total. The van der Waals surface area contributed by atoms with E-state index in [1.54, 1.807) is 6.20 Å². The molecule has 2 heterocycles. The average Bonchev–Trinajstić information content (AvgIpc) is 2.60. The SMILES string of the molecule is CCNc1ncccc1C(=O)N1CCSC(C)(C)CC1. The molecule has 0 saturated carbocycles. The van der Waals surface area contributed by atoms with Crippen molar-refractivity contribution in [2.75, 3.05) is 30.7 Å². The third-order valence-corrected chi connectivity index (χ3v) is 4.88. The van der Waals surface area contributed by atoms with Gasteiger partial charge in [0.15, 0.2) is 0 Å². The number of hydrogen-bond donors (Lipinski definition) is 1. The molecule has 4 nitrogen and oxygen atoms in total. The highest BCUT2D eigenvalue weighted by Crippen LogP contribution is 2.31. The summed E-state index contributed by atoms with van der Waals surface area (Å²) in [6.07, 6.45) is 2.75. The number of carbonyl (C=O) groups is 1. The molecule has 1 aromatic heterocycles. The van der Waals surface area contributed by atoms with Gasteiger partial charge in [0, 0.05) is 36.3 Å². The van der Waals surface area contributed by atoms with E-state index in [4.69, 9.17) is 0 Å². The lowest BCUT2D eigenvalue weighted by Crippen LogP contribution is -2.34. The van der Waals surface area contributed by atoms with Crippen LogP contribution in [0.1, 0.15) is 37.6 Å². The Bertz CT molecular complexity index is 476. The van der Waals surface area contributed by atoms with Crippen LogP contribution in [0.3, 0.4) is 0 Å². The summed E-state index contributed by atoms with van der Waals surface area (Å²) in [5.41, 5.74) is 0.680. The van der Waals surface area contributed by atoms with Crippen molar-refractivity contribution in [3.05, 3.63) is 23.9 Å². The molecule has 0 radical (unpaired) electrons. The quantitative estimate of drug-likeness (QED) is 0.931. The normalized spacial score (nSPS) is 18.4. The fraction of sp³-hybridized carbons (Fsp3) is 0.600. The van der Waals surface area contributed by atoms with Crippen molar-refractivity contribution in [3.8, 4) is 0 Å². The van der Waals surface area contributed by atoms with Crippen molar-refractivity contribution < 1.29 is 4.79 Å². The number of pyridine rings is 1. The summed E-state index contributed by atoms with van der Waals surface area (Å²) in [4.78, 5) is 18.9. The van der Waals surface area contributed by atoms with Gasteiger partial charge in [-0.2, -0.15) is 11.8 Å². The summed E-state index contributed by atoms with van der Waals surface area (Å²) in [6, 6.07) is 3.68. The average molecular weight is 293 g/mol. The number of hydrogen-bond acceptors (Lipinski definition) is 4. The van der Waals surface area contributed by atoms with E-state index in [-0.39, 0.29) is 10.7 Å². The van der Waals surface area contributed by atoms with Crippen molar-refractivity contribution in [2.45, 2.75) is 31.9 Å². The van der Waals surface area contributed by atoms with E-state index in [1.165, 1.54) is 0 Å². The molecule has 0 bridgehead atoms. The van der Waals surface area contributed by atoms with Crippen LogP contribution in [-0.4, -0.2) is 45.9 Å². The maximum atomic E-state index is 12.7. The van der Waals surface area contributed by atoms with Crippen LogP contribution in [0.2, 0.25) is 0 Å². The fourth-order valence-corrected chi connectivity index (χ4v) is 3.38. The van der Waals surface area contributed by atoms with Gasteiger partial charge >= 0.3 is 0 Å². The summed E-state index contributed by atoms with van der Waals surface area (Å²) in [5.74, 6) is 1.78. The Kier molecular flexibility index (Phi) is 4.91. The van der Waals surface area contributed by atoms with Crippen LogP contribution in [0, 0.1) is 0 Å². The first-order valence-corrected chi connectivity index (χ1v) is 8.14. The number of aromatic nitrogens is 1. The number of nitrogens with zero attached hydrogens (tertiary/aromatic N) is 2. The Morgan fingerprint density at radius 3 is 3.05 bits per heavy atom. The number of anilines is 1. The Morgan fingerprint density at radius 1 is 1.50 bits per heavy atom. The molecule has 0 spiro atoms. The first-order chi connectivity index (χ1) is 9.53. The van der Waals surface area contributed by atoms with E-state index in [0.29, 0.717) is 11.4 Å². The maximum Gasteiger partial charge on any atom is 0.257 e. The third-order valence-electron chi connectivity index (χ3n) is 3.51. The number of amides is 1. The molecule has 0 unspecified atom stereocenters. The minimum Gasteiger partial charge on any atom is -0.370 e. The van der Waals surface area contributed by atoms with Crippen molar-refractivity contribution in [2.24, 2.45) is 0 Å².